The van der Waals surface area contributed by atoms with Gasteiger partial charge >= 0.3 is 5.97 Å². The Kier molecular flexibility index (Phi) is 4.12. The van der Waals surface area contributed by atoms with E-state index in [2.05, 4.69) is 15.4 Å². The fourth-order valence-corrected chi connectivity index (χ4v) is 1.76. The van der Waals surface area contributed by atoms with Crippen molar-refractivity contribution in [3.63, 3.8) is 0 Å². The summed E-state index contributed by atoms with van der Waals surface area (Å²) in [6.07, 6.45) is 5.90. The van der Waals surface area contributed by atoms with Crippen LogP contribution in [0.5, 0.6) is 0 Å². The lowest BCUT2D eigenvalue weighted by Crippen LogP contribution is -2.18. The highest BCUT2D eigenvalue weighted by Crippen LogP contribution is 2.18. The molecule has 6 heteroatoms. The zero-order chi connectivity index (χ0) is 13.7. The van der Waals surface area contributed by atoms with Gasteiger partial charge in [-0.05, 0) is 31.5 Å². The molecule has 100 valence electrons. The number of pyridine rings is 1. The van der Waals surface area contributed by atoms with Crippen LogP contribution in [0.25, 0.3) is 5.82 Å². The predicted octanol–water partition coefficient (Wildman–Crippen LogP) is 1.93. The highest BCUT2D eigenvalue weighted by molar-refractivity contribution is 5.66. The number of nitrogens with one attached hydrogen (secondary N) is 1. The van der Waals surface area contributed by atoms with E-state index in [9.17, 15) is 4.79 Å². The Labute approximate surface area is 111 Å². The summed E-state index contributed by atoms with van der Waals surface area (Å²) in [6.45, 7) is 1.95. The second-order valence-corrected chi connectivity index (χ2v) is 4.30. The summed E-state index contributed by atoms with van der Waals surface area (Å²) >= 11 is 0. The van der Waals surface area contributed by atoms with E-state index < -0.39 is 5.97 Å². The first-order valence-corrected chi connectivity index (χ1v) is 6.10. The maximum absolute atomic E-state index is 10.6. The average Bonchev–Trinajstić information content (AvgIpc) is 2.91. The molecule has 1 atom stereocenters. The standard InChI is InChI=1S/C13H16N4O2/c1-10(5-6-12(18)19)16-11-4-2-7-14-13(11)17-9-3-8-15-17/h2-4,7-10,16H,5-6H2,1H3,(H,18,19). The van der Waals surface area contributed by atoms with Gasteiger partial charge in [0.1, 0.15) is 0 Å². The molecule has 19 heavy (non-hydrogen) atoms. The number of anilines is 1. The van der Waals surface area contributed by atoms with Gasteiger partial charge in [-0.3, -0.25) is 4.79 Å². The Balaban J connectivity index is 2.10. The second-order valence-electron chi connectivity index (χ2n) is 4.30. The molecule has 0 saturated heterocycles. The number of hydrogen-bond donors (Lipinski definition) is 2. The van der Waals surface area contributed by atoms with Crippen molar-refractivity contribution < 1.29 is 9.90 Å². The van der Waals surface area contributed by atoms with E-state index in [1.807, 2.05) is 31.3 Å². The number of rotatable bonds is 6. The zero-order valence-corrected chi connectivity index (χ0v) is 10.7. The van der Waals surface area contributed by atoms with Crippen molar-refractivity contribution in [2.75, 3.05) is 5.32 Å². The van der Waals surface area contributed by atoms with Gasteiger partial charge in [0, 0.05) is 31.1 Å². The highest BCUT2D eigenvalue weighted by Gasteiger charge is 2.10. The van der Waals surface area contributed by atoms with Crippen LogP contribution in [0.4, 0.5) is 5.69 Å². The number of aromatic nitrogens is 3. The van der Waals surface area contributed by atoms with Crippen LogP contribution in [0.1, 0.15) is 19.8 Å². The fourth-order valence-electron chi connectivity index (χ4n) is 1.76. The van der Waals surface area contributed by atoms with Crippen LogP contribution in [0, 0.1) is 0 Å². The minimum atomic E-state index is -0.785. The van der Waals surface area contributed by atoms with Crippen molar-refractivity contribution in [3.8, 4) is 5.82 Å². The molecular formula is C13H16N4O2. The van der Waals surface area contributed by atoms with Gasteiger partial charge in [0.05, 0.1) is 5.69 Å². The Morgan fingerprint density at radius 3 is 3.00 bits per heavy atom. The maximum Gasteiger partial charge on any atom is 0.303 e. The van der Waals surface area contributed by atoms with Gasteiger partial charge < -0.3 is 10.4 Å². The number of hydrogen-bond acceptors (Lipinski definition) is 4. The van der Waals surface area contributed by atoms with E-state index in [0.717, 1.165) is 5.69 Å². The Morgan fingerprint density at radius 1 is 1.47 bits per heavy atom. The third-order valence-corrected chi connectivity index (χ3v) is 2.70. The molecular weight excluding hydrogens is 244 g/mol. The van der Waals surface area contributed by atoms with Gasteiger partial charge in [-0.25, -0.2) is 9.67 Å². The molecule has 2 heterocycles. The van der Waals surface area contributed by atoms with Crippen molar-refractivity contribution in [3.05, 3.63) is 36.8 Å². The summed E-state index contributed by atoms with van der Waals surface area (Å²) in [4.78, 5) is 14.8. The van der Waals surface area contributed by atoms with Crippen molar-refractivity contribution in [2.24, 2.45) is 0 Å². The van der Waals surface area contributed by atoms with Gasteiger partial charge in [-0.1, -0.05) is 0 Å². The van der Waals surface area contributed by atoms with Gasteiger partial charge in [0.25, 0.3) is 0 Å². The first-order valence-electron chi connectivity index (χ1n) is 6.10. The molecule has 2 N–H and O–H groups in total. The Hall–Kier alpha value is -2.37. The molecule has 0 saturated carbocycles. The summed E-state index contributed by atoms with van der Waals surface area (Å²) < 4.78 is 1.67. The quantitative estimate of drug-likeness (QED) is 0.829. The molecule has 2 aromatic heterocycles. The van der Waals surface area contributed by atoms with E-state index in [1.165, 1.54) is 0 Å². The predicted molar refractivity (Wildman–Crippen MR) is 71.3 cm³/mol. The summed E-state index contributed by atoms with van der Waals surface area (Å²) in [5.41, 5.74) is 0.837. The number of carboxylic acids is 1. The van der Waals surface area contributed by atoms with Crippen molar-refractivity contribution in [1.29, 1.82) is 0 Å². The summed E-state index contributed by atoms with van der Waals surface area (Å²) in [5.74, 6) is -0.0817. The van der Waals surface area contributed by atoms with Crippen LogP contribution in [0.2, 0.25) is 0 Å². The van der Waals surface area contributed by atoms with Crippen LogP contribution < -0.4 is 5.32 Å². The number of carbonyl (C=O) groups is 1. The highest BCUT2D eigenvalue weighted by atomic mass is 16.4. The summed E-state index contributed by atoms with van der Waals surface area (Å²) in [6, 6.07) is 5.61. The largest absolute Gasteiger partial charge is 0.481 e. The van der Waals surface area contributed by atoms with E-state index >= 15 is 0 Å². The molecule has 0 aromatic carbocycles. The number of aliphatic carboxylic acids is 1. The van der Waals surface area contributed by atoms with Crippen LogP contribution >= 0.6 is 0 Å². The summed E-state index contributed by atoms with van der Waals surface area (Å²) in [5, 5.41) is 16.1. The number of carboxylic acid groups (broad SMARTS) is 1. The van der Waals surface area contributed by atoms with Gasteiger partial charge in [-0.2, -0.15) is 5.10 Å². The van der Waals surface area contributed by atoms with E-state index in [0.29, 0.717) is 12.2 Å². The fraction of sp³-hybridized carbons (Fsp3) is 0.308. The third kappa shape index (κ3) is 3.54. The van der Waals surface area contributed by atoms with E-state index in [4.69, 9.17) is 5.11 Å². The Morgan fingerprint density at radius 2 is 2.32 bits per heavy atom. The molecule has 0 fully saturated rings. The second kappa shape index (κ2) is 5.99. The molecule has 2 rings (SSSR count). The molecule has 0 aliphatic carbocycles. The van der Waals surface area contributed by atoms with E-state index in [-0.39, 0.29) is 12.5 Å². The van der Waals surface area contributed by atoms with Crippen molar-refractivity contribution in [1.82, 2.24) is 14.8 Å². The van der Waals surface area contributed by atoms with Crippen LogP contribution in [-0.4, -0.2) is 31.9 Å². The monoisotopic (exact) mass is 260 g/mol. The molecule has 2 aromatic rings. The first kappa shape index (κ1) is 13.1. The first-order chi connectivity index (χ1) is 9.16. The van der Waals surface area contributed by atoms with Crippen molar-refractivity contribution in [2.45, 2.75) is 25.8 Å². The maximum atomic E-state index is 10.6. The lowest BCUT2D eigenvalue weighted by Gasteiger charge is -2.16. The van der Waals surface area contributed by atoms with Crippen LogP contribution in [0.3, 0.4) is 0 Å². The molecule has 0 aliphatic heterocycles. The van der Waals surface area contributed by atoms with Gasteiger partial charge in [-0.15, -0.1) is 0 Å². The molecule has 0 bridgehead atoms. The minimum absolute atomic E-state index is 0.0506. The van der Waals surface area contributed by atoms with Crippen LogP contribution in [-0.2, 0) is 4.79 Å². The lowest BCUT2D eigenvalue weighted by molar-refractivity contribution is -0.137. The normalized spacial score (nSPS) is 12.1. The zero-order valence-electron chi connectivity index (χ0n) is 10.7. The molecule has 0 aliphatic rings. The molecule has 0 amide bonds. The molecule has 6 nitrogen and oxygen atoms in total. The summed E-state index contributed by atoms with van der Waals surface area (Å²) in [7, 11) is 0. The lowest BCUT2D eigenvalue weighted by atomic mass is 10.2. The number of nitrogens with zero attached hydrogens (tertiary/aromatic N) is 3. The SMILES string of the molecule is CC(CCC(=O)O)Nc1cccnc1-n1cccn1. The minimum Gasteiger partial charge on any atom is -0.481 e. The van der Waals surface area contributed by atoms with Crippen molar-refractivity contribution >= 4 is 11.7 Å². The molecule has 0 spiro atoms. The Bertz CT molecular complexity index is 539. The molecule has 1 unspecified atom stereocenters. The smallest absolute Gasteiger partial charge is 0.303 e. The van der Waals surface area contributed by atoms with Gasteiger partial charge in [0.2, 0.25) is 0 Å². The van der Waals surface area contributed by atoms with Crippen LogP contribution in [0.15, 0.2) is 36.8 Å². The third-order valence-electron chi connectivity index (χ3n) is 2.70. The van der Waals surface area contributed by atoms with Gasteiger partial charge in [0.15, 0.2) is 5.82 Å². The van der Waals surface area contributed by atoms with E-state index in [1.54, 1.807) is 17.1 Å². The molecule has 0 radical (unpaired) electrons. The topological polar surface area (TPSA) is 80.0 Å². The average molecular weight is 260 g/mol.